The van der Waals surface area contributed by atoms with E-state index in [1.807, 2.05) is 72.4 Å². The molecule has 1 amide bonds. The lowest BCUT2D eigenvalue weighted by Crippen LogP contribution is -2.18. The standard InChI is InChI=1S/C24H23N7OS/c1-4-30-22(18-10-12-26-13-11-18)28-29-24(30)33-15-21(32)27-23-20(14-25)16(2)17(3)31(23)19-8-6-5-7-9-19/h5-13H,4,15H2,1-3H3,(H,27,32). The molecule has 4 rings (SSSR count). The van der Waals surface area contributed by atoms with Crippen LogP contribution < -0.4 is 5.32 Å². The van der Waals surface area contributed by atoms with E-state index in [0.717, 1.165) is 28.3 Å². The lowest BCUT2D eigenvalue weighted by atomic mass is 10.2. The molecule has 1 N–H and O–H groups in total. The Morgan fingerprint density at radius 2 is 1.85 bits per heavy atom. The minimum atomic E-state index is -0.220. The normalized spacial score (nSPS) is 10.7. The number of aromatic nitrogens is 5. The molecule has 0 aliphatic rings. The van der Waals surface area contributed by atoms with Crippen molar-refractivity contribution in [3.63, 3.8) is 0 Å². The molecule has 3 heterocycles. The lowest BCUT2D eigenvalue weighted by molar-refractivity contribution is -0.113. The van der Waals surface area contributed by atoms with Crippen LogP contribution in [-0.2, 0) is 11.3 Å². The van der Waals surface area contributed by atoms with Crippen molar-refractivity contribution in [3.05, 3.63) is 71.7 Å². The van der Waals surface area contributed by atoms with E-state index in [4.69, 9.17) is 0 Å². The van der Waals surface area contributed by atoms with Crippen molar-refractivity contribution in [3.8, 4) is 23.1 Å². The minimum absolute atomic E-state index is 0.136. The van der Waals surface area contributed by atoms with Crippen LogP contribution in [0.2, 0.25) is 0 Å². The molecule has 0 unspecified atom stereocenters. The molecular formula is C24H23N7OS. The van der Waals surface area contributed by atoms with Crippen molar-refractivity contribution in [2.24, 2.45) is 0 Å². The summed E-state index contributed by atoms with van der Waals surface area (Å²) in [4.78, 5) is 17.0. The zero-order chi connectivity index (χ0) is 23.4. The van der Waals surface area contributed by atoms with Gasteiger partial charge >= 0.3 is 0 Å². The van der Waals surface area contributed by atoms with Crippen LogP contribution in [0.5, 0.6) is 0 Å². The van der Waals surface area contributed by atoms with Crippen molar-refractivity contribution in [1.82, 2.24) is 24.3 Å². The summed E-state index contributed by atoms with van der Waals surface area (Å²) in [5.74, 6) is 1.14. The van der Waals surface area contributed by atoms with E-state index < -0.39 is 0 Å². The first-order valence-corrected chi connectivity index (χ1v) is 11.5. The number of carbonyl (C=O) groups excluding carboxylic acids is 1. The number of benzene rings is 1. The fraction of sp³-hybridized carbons (Fsp3) is 0.208. The number of hydrogen-bond donors (Lipinski definition) is 1. The summed E-state index contributed by atoms with van der Waals surface area (Å²) < 4.78 is 3.88. The highest BCUT2D eigenvalue weighted by Gasteiger charge is 2.21. The molecular weight excluding hydrogens is 434 g/mol. The van der Waals surface area contributed by atoms with E-state index in [2.05, 4.69) is 26.6 Å². The van der Waals surface area contributed by atoms with Gasteiger partial charge in [-0.15, -0.1) is 10.2 Å². The highest BCUT2D eigenvalue weighted by Crippen LogP contribution is 2.30. The number of nitrogens with one attached hydrogen (secondary N) is 1. The van der Waals surface area contributed by atoms with Crippen LogP contribution in [0, 0.1) is 25.2 Å². The van der Waals surface area contributed by atoms with Crippen LogP contribution in [0.25, 0.3) is 17.1 Å². The predicted octanol–water partition coefficient (Wildman–Crippen LogP) is 4.37. The number of nitrogens with zero attached hydrogens (tertiary/aromatic N) is 6. The van der Waals surface area contributed by atoms with Gasteiger partial charge in [0.05, 0.1) is 11.3 Å². The predicted molar refractivity (Wildman–Crippen MR) is 128 cm³/mol. The van der Waals surface area contributed by atoms with Gasteiger partial charge in [0.15, 0.2) is 11.0 Å². The van der Waals surface area contributed by atoms with Crippen molar-refractivity contribution in [1.29, 1.82) is 5.26 Å². The molecule has 4 aromatic rings. The van der Waals surface area contributed by atoms with E-state index in [1.54, 1.807) is 12.4 Å². The maximum atomic E-state index is 12.9. The van der Waals surface area contributed by atoms with Gasteiger partial charge in [-0.05, 0) is 50.6 Å². The quantitative estimate of drug-likeness (QED) is 0.414. The second-order valence-electron chi connectivity index (χ2n) is 7.34. The summed E-state index contributed by atoms with van der Waals surface area (Å²) in [6, 6.07) is 15.7. The van der Waals surface area contributed by atoms with Crippen molar-refractivity contribution in [2.75, 3.05) is 11.1 Å². The van der Waals surface area contributed by atoms with Gasteiger partial charge in [0, 0.05) is 35.9 Å². The molecule has 0 aliphatic heterocycles. The van der Waals surface area contributed by atoms with Crippen molar-refractivity contribution in [2.45, 2.75) is 32.5 Å². The van der Waals surface area contributed by atoms with Crippen LogP contribution in [0.1, 0.15) is 23.7 Å². The number of amides is 1. The van der Waals surface area contributed by atoms with E-state index in [0.29, 0.717) is 23.1 Å². The van der Waals surface area contributed by atoms with Gasteiger partial charge in [-0.1, -0.05) is 30.0 Å². The zero-order valence-electron chi connectivity index (χ0n) is 18.6. The Kier molecular flexibility index (Phi) is 6.56. The van der Waals surface area contributed by atoms with Crippen LogP contribution in [0.4, 0.5) is 5.82 Å². The minimum Gasteiger partial charge on any atom is -0.310 e. The summed E-state index contributed by atoms with van der Waals surface area (Å²) in [5.41, 5.74) is 4.02. The molecule has 0 bridgehead atoms. The molecule has 0 fully saturated rings. The Balaban J connectivity index is 1.56. The van der Waals surface area contributed by atoms with E-state index in [9.17, 15) is 10.1 Å². The molecule has 0 saturated carbocycles. The third-order valence-corrected chi connectivity index (χ3v) is 6.37. The van der Waals surface area contributed by atoms with Crippen molar-refractivity contribution >= 4 is 23.5 Å². The summed E-state index contributed by atoms with van der Waals surface area (Å²) in [7, 11) is 0. The van der Waals surface area contributed by atoms with Gasteiger partial charge in [-0.2, -0.15) is 5.26 Å². The van der Waals surface area contributed by atoms with Crippen LogP contribution in [0.15, 0.2) is 60.0 Å². The highest BCUT2D eigenvalue weighted by molar-refractivity contribution is 7.99. The molecule has 0 spiro atoms. The number of hydrogen-bond acceptors (Lipinski definition) is 6. The van der Waals surface area contributed by atoms with Gasteiger partial charge in [0.2, 0.25) is 5.91 Å². The van der Waals surface area contributed by atoms with Gasteiger partial charge in [0.1, 0.15) is 11.9 Å². The molecule has 0 atom stereocenters. The summed E-state index contributed by atoms with van der Waals surface area (Å²) >= 11 is 1.31. The Morgan fingerprint density at radius 1 is 1.12 bits per heavy atom. The molecule has 33 heavy (non-hydrogen) atoms. The van der Waals surface area contributed by atoms with Crippen molar-refractivity contribution < 1.29 is 4.79 Å². The Hall–Kier alpha value is -3.90. The fourth-order valence-electron chi connectivity index (χ4n) is 3.65. The second kappa shape index (κ2) is 9.71. The average molecular weight is 458 g/mol. The largest absolute Gasteiger partial charge is 0.310 e. The Bertz CT molecular complexity index is 1320. The molecule has 0 radical (unpaired) electrons. The van der Waals surface area contributed by atoms with Gasteiger partial charge in [-0.25, -0.2) is 0 Å². The highest BCUT2D eigenvalue weighted by atomic mass is 32.2. The first-order valence-electron chi connectivity index (χ1n) is 10.5. The van der Waals surface area contributed by atoms with E-state index in [-0.39, 0.29) is 11.7 Å². The summed E-state index contributed by atoms with van der Waals surface area (Å²) in [6.07, 6.45) is 3.42. The number of thioether (sulfide) groups is 1. The van der Waals surface area contributed by atoms with Crippen LogP contribution >= 0.6 is 11.8 Å². The monoisotopic (exact) mass is 457 g/mol. The average Bonchev–Trinajstić information content (AvgIpc) is 3.36. The van der Waals surface area contributed by atoms with Gasteiger partial charge < -0.3 is 9.88 Å². The molecule has 8 nitrogen and oxygen atoms in total. The number of rotatable bonds is 7. The maximum absolute atomic E-state index is 12.9. The number of para-hydroxylation sites is 1. The molecule has 1 aromatic carbocycles. The first-order chi connectivity index (χ1) is 16.0. The molecule has 166 valence electrons. The van der Waals surface area contributed by atoms with Gasteiger partial charge in [-0.3, -0.25) is 14.3 Å². The SMILES string of the molecule is CCn1c(SCC(=O)Nc2c(C#N)c(C)c(C)n2-c2ccccc2)nnc1-c1ccncc1. The summed E-state index contributed by atoms with van der Waals surface area (Å²) in [6.45, 7) is 6.51. The number of nitriles is 1. The first kappa shape index (κ1) is 22.3. The second-order valence-corrected chi connectivity index (χ2v) is 8.28. The summed E-state index contributed by atoms with van der Waals surface area (Å²) in [5, 5.41) is 21.9. The van der Waals surface area contributed by atoms with Gasteiger partial charge in [0.25, 0.3) is 0 Å². The molecule has 0 aliphatic carbocycles. The molecule has 9 heteroatoms. The number of pyridine rings is 1. The number of carbonyl (C=O) groups is 1. The van der Waals surface area contributed by atoms with E-state index >= 15 is 0 Å². The third kappa shape index (κ3) is 4.38. The van der Waals surface area contributed by atoms with E-state index in [1.165, 1.54) is 11.8 Å². The van der Waals surface area contributed by atoms with Crippen LogP contribution in [0.3, 0.4) is 0 Å². The zero-order valence-corrected chi connectivity index (χ0v) is 19.4. The maximum Gasteiger partial charge on any atom is 0.236 e. The van der Waals surface area contributed by atoms with Crippen LogP contribution in [-0.4, -0.2) is 36.0 Å². The Morgan fingerprint density at radius 3 is 2.52 bits per heavy atom. The smallest absolute Gasteiger partial charge is 0.236 e. The number of anilines is 1. The molecule has 0 saturated heterocycles. The third-order valence-electron chi connectivity index (χ3n) is 5.40. The Labute approximate surface area is 196 Å². The lowest BCUT2D eigenvalue weighted by Gasteiger charge is -2.13. The fourth-order valence-corrected chi connectivity index (χ4v) is 4.46. The molecule has 3 aromatic heterocycles. The topological polar surface area (TPSA) is 101 Å².